The van der Waals surface area contributed by atoms with Crippen LogP contribution in [0.3, 0.4) is 0 Å². The lowest BCUT2D eigenvalue weighted by Crippen LogP contribution is -2.53. The fourth-order valence-electron chi connectivity index (χ4n) is 3.24. The van der Waals surface area contributed by atoms with Gasteiger partial charge in [-0.3, -0.25) is 0 Å². The molecule has 0 spiro atoms. The second-order valence-corrected chi connectivity index (χ2v) is 5.13. The lowest BCUT2D eigenvalue weighted by Gasteiger charge is -2.43. The zero-order valence-corrected chi connectivity index (χ0v) is 7.85. The van der Waals surface area contributed by atoms with Gasteiger partial charge in [-0.05, 0) is 43.4 Å². The summed E-state index contributed by atoms with van der Waals surface area (Å²) in [5, 5.41) is 0. The SMILES string of the molecule is CC1C2CCC(C)(C2)C1(C)N. The Kier molecular flexibility index (Phi) is 1.26. The maximum Gasteiger partial charge on any atom is 0.0208 e. The quantitative estimate of drug-likeness (QED) is 0.567. The fraction of sp³-hybridized carbons (Fsp3) is 1.00. The van der Waals surface area contributed by atoms with E-state index in [0.717, 1.165) is 11.8 Å². The van der Waals surface area contributed by atoms with Crippen molar-refractivity contribution in [1.29, 1.82) is 0 Å². The van der Waals surface area contributed by atoms with E-state index in [1.165, 1.54) is 19.3 Å². The summed E-state index contributed by atoms with van der Waals surface area (Å²) in [5.74, 6) is 1.66. The molecule has 0 aromatic rings. The van der Waals surface area contributed by atoms with Gasteiger partial charge in [-0.25, -0.2) is 0 Å². The largest absolute Gasteiger partial charge is 0.325 e. The number of hydrogen-bond acceptors (Lipinski definition) is 1. The first-order chi connectivity index (χ1) is 4.97. The Labute approximate surface area is 69.4 Å². The number of rotatable bonds is 0. The molecule has 2 aliphatic rings. The van der Waals surface area contributed by atoms with Gasteiger partial charge in [0.05, 0.1) is 0 Å². The minimum Gasteiger partial charge on any atom is -0.325 e. The van der Waals surface area contributed by atoms with Gasteiger partial charge < -0.3 is 5.73 Å². The molecule has 1 nitrogen and oxygen atoms in total. The van der Waals surface area contributed by atoms with Crippen molar-refractivity contribution in [3.63, 3.8) is 0 Å². The maximum absolute atomic E-state index is 6.34. The summed E-state index contributed by atoms with van der Waals surface area (Å²) in [6.07, 6.45) is 4.15. The summed E-state index contributed by atoms with van der Waals surface area (Å²) in [6, 6.07) is 0. The van der Waals surface area contributed by atoms with E-state index in [4.69, 9.17) is 5.73 Å². The molecule has 64 valence electrons. The molecule has 2 saturated carbocycles. The Hall–Kier alpha value is -0.0400. The second kappa shape index (κ2) is 1.82. The molecule has 4 unspecified atom stereocenters. The number of fused-ring (bicyclic) bond motifs is 2. The van der Waals surface area contributed by atoms with Gasteiger partial charge in [0.25, 0.3) is 0 Å². The van der Waals surface area contributed by atoms with Gasteiger partial charge in [-0.1, -0.05) is 13.8 Å². The Morgan fingerprint density at radius 3 is 2.27 bits per heavy atom. The predicted molar refractivity (Wildman–Crippen MR) is 47.2 cm³/mol. The molecule has 0 aliphatic heterocycles. The molecule has 2 N–H and O–H groups in total. The highest BCUT2D eigenvalue weighted by Crippen LogP contribution is 2.60. The molecule has 11 heavy (non-hydrogen) atoms. The number of nitrogens with two attached hydrogens (primary N) is 1. The van der Waals surface area contributed by atoms with Gasteiger partial charge in [-0.2, -0.15) is 0 Å². The molecule has 2 rings (SSSR count). The van der Waals surface area contributed by atoms with Crippen LogP contribution in [0.4, 0.5) is 0 Å². The van der Waals surface area contributed by atoms with Crippen molar-refractivity contribution in [2.45, 2.75) is 45.6 Å². The zero-order valence-electron chi connectivity index (χ0n) is 7.85. The first-order valence-electron chi connectivity index (χ1n) is 4.76. The van der Waals surface area contributed by atoms with Gasteiger partial charge in [0.15, 0.2) is 0 Å². The average molecular weight is 153 g/mol. The Morgan fingerprint density at radius 1 is 1.36 bits per heavy atom. The van der Waals surface area contributed by atoms with Crippen LogP contribution in [0.2, 0.25) is 0 Å². The van der Waals surface area contributed by atoms with Crippen LogP contribution in [0.15, 0.2) is 0 Å². The summed E-state index contributed by atoms with van der Waals surface area (Å²) in [6.45, 7) is 6.95. The van der Waals surface area contributed by atoms with Gasteiger partial charge in [0.2, 0.25) is 0 Å². The van der Waals surface area contributed by atoms with Crippen LogP contribution in [-0.2, 0) is 0 Å². The Bertz CT molecular complexity index is 183. The Balaban J connectivity index is 2.36. The lowest BCUT2D eigenvalue weighted by atomic mass is 9.67. The molecule has 2 aliphatic carbocycles. The first kappa shape index (κ1) is 7.60. The molecule has 2 fully saturated rings. The van der Waals surface area contributed by atoms with E-state index >= 15 is 0 Å². The van der Waals surface area contributed by atoms with E-state index in [1.54, 1.807) is 0 Å². The second-order valence-electron chi connectivity index (χ2n) is 5.13. The summed E-state index contributed by atoms with van der Waals surface area (Å²) in [7, 11) is 0. The van der Waals surface area contributed by atoms with Crippen molar-refractivity contribution in [2.75, 3.05) is 0 Å². The molecule has 0 radical (unpaired) electrons. The van der Waals surface area contributed by atoms with Crippen LogP contribution in [0.5, 0.6) is 0 Å². The zero-order chi connectivity index (χ0) is 8.28. The van der Waals surface area contributed by atoms with Crippen LogP contribution < -0.4 is 5.73 Å². The molecule has 2 bridgehead atoms. The molecule has 0 saturated heterocycles. The molecule has 0 aromatic heterocycles. The van der Waals surface area contributed by atoms with Crippen LogP contribution >= 0.6 is 0 Å². The van der Waals surface area contributed by atoms with E-state index in [0.29, 0.717) is 5.41 Å². The van der Waals surface area contributed by atoms with Gasteiger partial charge >= 0.3 is 0 Å². The summed E-state index contributed by atoms with van der Waals surface area (Å²) >= 11 is 0. The molecular weight excluding hydrogens is 134 g/mol. The maximum atomic E-state index is 6.34. The summed E-state index contributed by atoms with van der Waals surface area (Å²) in [5.41, 5.74) is 6.90. The lowest BCUT2D eigenvalue weighted by molar-refractivity contribution is 0.131. The van der Waals surface area contributed by atoms with Crippen LogP contribution in [0.25, 0.3) is 0 Å². The topological polar surface area (TPSA) is 26.0 Å². The minimum absolute atomic E-state index is 0.107. The molecule has 0 amide bonds. The van der Waals surface area contributed by atoms with Crippen LogP contribution in [-0.4, -0.2) is 5.54 Å². The van der Waals surface area contributed by atoms with Crippen LogP contribution in [0.1, 0.15) is 40.0 Å². The molecular formula is C10H19N. The van der Waals surface area contributed by atoms with Gasteiger partial charge in [-0.15, -0.1) is 0 Å². The van der Waals surface area contributed by atoms with E-state index < -0.39 is 0 Å². The van der Waals surface area contributed by atoms with Crippen molar-refractivity contribution >= 4 is 0 Å². The first-order valence-corrected chi connectivity index (χ1v) is 4.76. The Morgan fingerprint density at radius 2 is 2.00 bits per heavy atom. The van der Waals surface area contributed by atoms with Crippen molar-refractivity contribution in [1.82, 2.24) is 0 Å². The highest BCUT2D eigenvalue weighted by atomic mass is 14.9. The third-order valence-corrected chi connectivity index (χ3v) is 4.73. The minimum atomic E-state index is 0.107. The third-order valence-electron chi connectivity index (χ3n) is 4.73. The van der Waals surface area contributed by atoms with Gasteiger partial charge in [0.1, 0.15) is 0 Å². The normalized spacial score (nSPS) is 62.2. The van der Waals surface area contributed by atoms with Crippen molar-refractivity contribution in [2.24, 2.45) is 23.0 Å². The van der Waals surface area contributed by atoms with E-state index in [9.17, 15) is 0 Å². The highest BCUT2D eigenvalue weighted by Gasteiger charge is 2.58. The van der Waals surface area contributed by atoms with E-state index in [-0.39, 0.29) is 5.54 Å². The fourth-order valence-corrected chi connectivity index (χ4v) is 3.24. The van der Waals surface area contributed by atoms with Gasteiger partial charge in [0, 0.05) is 5.54 Å². The highest BCUT2D eigenvalue weighted by molar-refractivity contribution is 5.12. The predicted octanol–water partition coefficient (Wildman–Crippen LogP) is 2.16. The van der Waals surface area contributed by atoms with E-state index in [2.05, 4.69) is 20.8 Å². The molecule has 4 atom stereocenters. The van der Waals surface area contributed by atoms with E-state index in [1.807, 2.05) is 0 Å². The van der Waals surface area contributed by atoms with Crippen molar-refractivity contribution in [3.05, 3.63) is 0 Å². The summed E-state index contributed by atoms with van der Waals surface area (Å²) < 4.78 is 0. The van der Waals surface area contributed by atoms with Crippen molar-refractivity contribution in [3.8, 4) is 0 Å². The molecule has 0 aromatic carbocycles. The van der Waals surface area contributed by atoms with Crippen LogP contribution in [0, 0.1) is 17.3 Å². The molecule has 1 heteroatoms. The summed E-state index contributed by atoms with van der Waals surface area (Å²) in [4.78, 5) is 0. The molecule has 0 heterocycles. The number of hydrogen-bond donors (Lipinski definition) is 1. The monoisotopic (exact) mass is 153 g/mol. The van der Waals surface area contributed by atoms with Crippen molar-refractivity contribution < 1.29 is 0 Å². The third kappa shape index (κ3) is 0.703. The standard InChI is InChI=1S/C10H19N/c1-7-8-4-5-9(2,6-8)10(7,3)11/h7-8H,4-6,11H2,1-3H3. The smallest absolute Gasteiger partial charge is 0.0208 e. The average Bonchev–Trinajstić information content (AvgIpc) is 2.36.